The Morgan fingerprint density at radius 1 is 1.22 bits per heavy atom. The highest BCUT2D eigenvalue weighted by Gasteiger charge is 2.19. The molecule has 0 saturated carbocycles. The largest absolute Gasteiger partial charge is 0.462 e. The standard InChI is InChI=1S/C15H22O3/c1-10(2)14(16)12(4)9-18-15(17)13-7-5-11(3)6-8-13/h5-8,10,12,14,16H,9H2,1-4H3/t12-,14-/m1/s1. The van der Waals surface area contributed by atoms with Gasteiger partial charge in [-0.3, -0.25) is 0 Å². The van der Waals surface area contributed by atoms with E-state index in [9.17, 15) is 9.90 Å². The molecule has 0 heterocycles. The van der Waals surface area contributed by atoms with E-state index in [1.807, 2.05) is 39.8 Å². The molecule has 0 radical (unpaired) electrons. The van der Waals surface area contributed by atoms with E-state index >= 15 is 0 Å². The smallest absolute Gasteiger partial charge is 0.338 e. The summed E-state index contributed by atoms with van der Waals surface area (Å²) in [5, 5.41) is 9.82. The van der Waals surface area contributed by atoms with Crippen LogP contribution >= 0.6 is 0 Å². The maximum atomic E-state index is 11.7. The van der Waals surface area contributed by atoms with Gasteiger partial charge >= 0.3 is 5.97 Å². The van der Waals surface area contributed by atoms with Crippen molar-refractivity contribution >= 4 is 5.97 Å². The van der Waals surface area contributed by atoms with Crippen molar-refractivity contribution in [3.8, 4) is 0 Å². The van der Waals surface area contributed by atoms with Crippen LogP contribution < -0.4 is 0 Å². The molecule has 18 heavy (non-hydrogen) atoms. The molecule has 1 aromatic rings. The molecule has 3 nitrogen and oxygen atoms in total. The summed E-state index contributed by atoms with van der Waals surface area (Å²) >= 11 is 0. The van der Waals surface area contributed by atoms with E-state index in [0.717, 1.165) is 5.56 Å². The number of esters is 1. The predicted octanol–water partition coefficient (Wildman–Crippen LogP) is 2.80. The fourth-order valence-electron chi connectivity index (χ4n) is 1.74. The van der Waals surface area contributed by atoms with E-state index in [4.69, 9.17) is 4.74 Å². The monoisotopic (exact) mass is 250 g/mol. The Morgan fingerprint density at radius 2 is 1.78 bits per heavy atom. The van der Waals surface area contributed by atoms with Crippen LogP contribution in [0.3, 0.4) is 0 Å². The molecule has 0 amide bonds. The van der Waals surface area contributed by atoms with Crippen LogP contribution in [0.15, 0.2) is 24.3 Å². The molecular formula is C15H22O3. The van der Waals surface area contributed by atoms with Crippen LogP contribution in [0.25, 0.3) is 0 Å². The van der Waals surface area contributed by atoms with Gasteiger partial charge in [-0.15, -0.1) is 0 Å². The molecule has 0 aliphatic heterocycles. The van der Waals surface area contributed by atoms with Gasteiger partial charge in [0.25, 0.3) is 0 Å². The first-order valence-corrected chi connectivity index (χ1v) is 6.33. The molecule has 1 rings (SSSR count). The van der Waals surface area contributed by atoms with Gasteiger partial charge in [-0.25, -0.2) is 4.79 Å². The summed E-state index contributed by atoms with van der Waals surface area (Å²) in [6.45, 7) is 7.99. The molecule has 0 bridgehead atoms. The molecule has 0 fully saturated rings. The van der Waals surface area contributed by atoms with E-state index in [2.05, 4.69) is 0 Å². The highest BCUT2D eigenvalue weighted by molar-refractivity contribution is 5.89. The number of aliphatic hydroxyl groups excluding tert-OH is 1. The quantitative estimate of drug-likeness (QED) is 0.817. The predicted molar refractivity (Wildman–Crippen MR) is 71.5 cm³/mol. The van der Waals surface area contributed by atoms with Crippen molar-refractivity contribution in [2.45, 2.75) is 33.8 Å². The molecule has 0 aromatic heterocycles. The number of rotatable bonds is 5. The molecule has 1 N–H and O–H groups in total. The second-order valence-corrected chi connectivity index (χ2v) is 5.18. The number of hydrogen-bond donors (Lipinski definition) is 1. The van der Waals surface area contributed by atoms with Crippen LogP contribution in [0.4, 0.5) is 0 Å². The summed E-state index contributed by atoms with van der Waals surface area (Å²) in [7, 11) is 0. The van der Waals surface area contributed by atoms with Crippen molar-refractivity contribution < 1.29 is 14.6 Å². The zero-order valence-electron chi connectivity index (χ0n) is 11.5. The lowest BCUT2D eigenvalue weighted by molar-refractivity contribution is 0.0141. The lowest BCUT2D eigenvalue weighted by atomic mass is 9.96. The highest BCUT2D eigenvalue weighted by Crippen LogP contribution is 2.13. The summed E-state index contributed by atoms with van der Waals surface area (Å²) in [5.41, 5.74) is 1.65. The average molecular weight is 250 g/mol. The molecule has 0 aliphatic rings. The minimum Gasteiger partial charge on any atom is -0.462 e. The molecule has 1 aromatic carbocycles. The summed E-state index contributed by atoms with van der Waals surface area (Å²) in [6.07, 6.45) is -0.448. The molecule has 3 heteroatoms. The maximum absolute atomic E-state index is 11.7. The third kappa shape index (κ3) is 4.15. The summed E-state index contributed by atoms with van der Waals surface area (Å²) in [6, 6.07) is 7.26. The van der Waals surface area contributed by atoms with Crippen molar-refractivity contribution in [3.63, 3.8) is 0 Å². The van der Waals surface area contributed by atoms with Crippen LogP contribution in [-0.2, 0) is 4.74 Å². The Hall–Kier alpha value is -1.35. The molecule has 100 valence electrons. The zero-order chi connectivity index (χ0) is 13.7. The van der Waals surface area contributed by atoms with Crippen LogP contribution in [0.2, 0.25) is 0 Å². The Kier molecular flexibility index (Phi) is 5.35. The number of carbonyl (C=O) groups excluding carboxylic acids is 1. The SMILES string of the molecule is Cc1ccc(C(=O)OC[C@@H](C)[C@H](O)C(C)C)cc1. The average Bonchev–Trinajstić information content (AvgIpc) is 2.35. The second kappa shape index (κ2) is 6.55. The van der Waals surface area contributed by atoms with Crippen LogP contribution in [0.1, 0.15) is 36.7 Å². The molecule has 0 aliphatic carbocycles. The van der Waals surface area contributed by atoms with E-state index in [1.165, 1.54) is 0 Å². The lowest BCUT2D eigenvalue weighted by Gasteiger charge is -2.21. The van der Waals surface area contributed by atoms with Crippen molar-refractivity contribution in [2.24, 2.45) is 11.8 Å². The maximum Gasteiger partial charge on any atom is 0.338 e. The van der Waals surface area contributed by atoms with Gasteiger partial charge in [0.15, 0.2) is 0 Å². The van der Waals surface area contributed by atoms with Gasteiger partial charge in [-0.1, -0.05) is 38.5 Å². The third-order valence-electron chi connectivity index (χ3n) is 3.03. The molecular weight excluding hydrogens is 228 g/mol. The van der Waals surface area contributed by atoms with E-state index in [-0.39, 0.29) is 24.4 Å². The number of carbonyl (C=O) groups is 1. The van der Waals surface area contributed by atoms with Crippen molar-refractivity contribution in [3.05, 3.63) is 35.4 Å². The van der Waals surface area contributed by atoms with Gasteiger partial charge < -0.3 is 9.84 Å². The summed E-state index contributed by atoms with van der Waals surface area (Å²) in [5.74, 6) is -0.227. The van der Waals surface area contributed by atoms with Gasteiger partial charge in [-0.2, -0.15) is 0 Å². The van der Waals surface area contributed by atoms with Crippen molar-refractivity contribution in [1.82, 2.24) is 0 Å². The van der Waals surface area contributed by atoms with Crippen LogP contribution in [-0.4, -0.2) is 23.8 Å². The lowest BCUT2D eigenvalue weighted by Crippen LogP contribution is -2.28. The summed E-state index contributed by atoms with van der Waals surface area (Å²) < 4.78 is 5.20. The van der Waals surface area contributed by atoms with Gasteiger partial charge in [-0.05, 0) is 25.0 Å². The minimum atomic E-state index is -0.448. The Bertz CT molecular complexity index is 381. The summed E-state index contributed by atoms with van der Waals surface area (Å²) in [4.78, 5) is 11.7. The molecule has 0 saturated heterocycles. The first kappa shape index (κ1) is 14.7. The highest BCUT2D eigenvalue weighted by atomic mass is 16.5. The van der Waals surface area contributed by atoms with Gasteiger partial charge in [0.1, 0.15) is 0 Å². The van der Waals surface area contributed by atoms with Gasteiger partial charge in [0.2, 0.25) is 0 Å². The number of benzene rings is 1. The van der Waals surface area contributed by atoms with E-state index in [1.54, 1.807) is 12.1 Å². The normalized spacial score (nSPS) is 14.3. The Morgan fingerprint density at radius 3 is 2.28 bits per heavy atom. The third-order valence-corrected chi connectivity index (χ3v) is 3.03. The van der Waals surface area contributed by atoms with E-state index in [0.29, 0.717) is 5.56 Å². The first-order valence-electron chi connectivity index (χ1n) is 6.33. The van der Waals surface area contributed by atoms with Gasteiger partial charge in [0, 0.05) is 5.92 Å². The number of aryl methyl sites for hydroxylation is 1. The number of hydrogen-bond acceptors (Lipinski definition) is 3. The Balaban J connectivity index is 2.49. The van der Waals surface area contributed by atoms with E-state index < -0.39 is 6.10 Å². The molecule has 2 atom stereocenters. The Labute approximate surface area is 109 Å². The van der Waals surface area contributed by atoms with Crippen molar-refractivity contribution in [1.29, 1.82) is 0 Å². The number of ether oxygens (including phenoxy) is 1. The topological polar surface area (TPSA) is 46.5 Å². The second-order valence-electron chi connectivity index (χ2n) is 5.18. The van der Waals surface area contributed by atoms with Crippen LogP contribution in [0.5, 0.6) is 0 Å². The van der Waals surface area contributed by atoms with Gasteiger partial charge in [0.05, 0.1) is 18.3 Å². The molecule has 0 spiro atoms. The fourth-order valence-corrected chi connectivity index (χ4v) is 1.74. The minimum absolute atomic E-state index is 0.0561. The zero-order valence-corrected chi connectivity index (χ0v) is 11.5. The van der Waals surface area contributed by atoms with Crippen LogP contribution in [0, 0.1) is 18.8 Å². The first-order chi connectivity index (χ1) is 8.41. The van der Waals surface area contributed by atoms with Crippen molar-refractivity contribution in [2.75, 3.05) is 6.61 Å². The number of aliphatic hydroxyl groups is 1. The fraction of sp³-hybridized carbons (Fsp3) is 0.533. The molecule has 0 unspecified atom stereocenters.